The molecular formula is C12H22S. The minimum atomic E-state index is 0.786. The Bertz CT molecular complexity index is 164. The van der Waals surface area contributed by atoms with Crippen molar-refractivity contribution in [1.29, 1.82) is 0 Å². The van der Waals surface area contributed by atoms with Crippen LogP contribution in [0.5, 0.6) is 0 Å². The summed E-state index contributed by atoms with van der Waals surface area (Å²) in [5.74, 6) is 0. The Hall–Kier alpha value is -0.170. The van der Waals surface area contributed by atoms with Gasteiger partial charge in [0.05, 0.1) is 0 Å². The van der Waals surface area contributed by atoms with Crippen LogP contribution >= 0.6 is 11.8 Å². The molecule has 76 valence electrons. The van der Waals surface area contributed by atoms with E-state index in [1.165, 1.54) is 17.7 Å². The molecule has 0 aromatic carbocycles. The molecule has 0 nitrogen and oxygen atoms in total. The van der Waals surface area contributed by atoms with Crippen molar-refractivity contribution in [3.8, 4) is 0 Å². The largest absolute Gasteiger partial charge is 0.123 e. The Balaban J connectivity index is 4.15. The highest BCUT2D eigenvalue weighted by atomic mass is 32.2. The number of rotatable bonds is 6. The van der Waals surface area contributed by atoms with Crippen molar-refractivity contribution in [2.75, 3.05) is 0 Å². The van der Waals surface area contributed by atoms with Crippen LogP contribution in [0.4, 0.5) is 0 Å². The third kappa shape index (κ3) is 5.98. The van der Waals surface area contributed by atoms with Crippen LogP contribution in [-0.4, -0.2) is 5.25 Å². The molecule has 0 aliphatic carbocycles. The van der Waals surface area contributed by atoms with Gasteiger partial charge in [-0.15, -0.1) is 11.8 Å². The molecule has 0 N–H and O–H groups in total. The van der Waals surface area contributed by atoms with Gasteiger partial charge in [-0.2, -0.15) is 0 Å². The van der Waals surface area contributed by atoms with Gasteiger partial charge in [-0.25, -0.2) is 0 Å². The Morgan fingerprint density at radius 2 is 1.85 bits per heavy atom. The van der Waals surface area contributed by atoms with Crippen LogP contribution in [0.25, 0.3) is 0 Å². The maximum absolute atomic E-state index is 2.31. The summed E-state index contributed by atoms with van der Waals surface area (Å²) in [5, 5.41) is 0.786. The number of hydrogen-bond acceptors (Lipinski definition) is 1. The van der Waals surface area contributed by atoms with Gasteiger partial charge in [0.25, 0.3) is 0 Å². The van der Waals surface area contributed by atoms with Crippen molar-refractivity contribution in [3.05, 3.63) is 23.1 Å². The molecule has 0 saturated carbocycles. The van der Waals surface area contributed by atoms with Crippen molar-refractivity contribution < 1.29 is 0 Å². The second kappa shape index (κ2) is 8.43. The first-order valence-electron chi connectivity index (χ1n) is 5.27. The van der Waals surface area contributed by atoms with Crippen LogP contribution < -0.4 is 0 Å². The zero-order valence-corrected chi connectivity index (χ0v) is 10.2. The predicted octanol–water partition coefficient (Wildman–Crippen LogP) is 4.78. The summed E-state index contributed by atoms with van der Waals surface area (Å²) >= 11 is 2.01. The third-order valence-electron chi connectivity index (χ3n) is 1.95. The highest BCUT2D eigenvalue weighted by Gasteiger charge is 2.04. The second-order valence-electron chi connectivity index (χ2n) is 3.07. The fourth-order valence-corrected chi connectivity index (χ4v) is 2.36. The average Bonchev–Trinajstić information content (AvgIpc) is 2.14. The molecule has 0 heterocycles. The van der Waals surface area contributed by atoms with E-state index in [1.807, 2.05) is 11.8 Å². The lowest BCUT2D eigenvalue weighted by Gasteiger charge is -2.12. The Kier molecular flexibility index (Phi) is 8.32. The Morgan fingerprint density at radius 3 is 2.23 bits per heavy atom. The van der Waals surface area contributed by atoms with Gasteiger partial charge in [0.1, 0.15) is 0 Å². The zero-order chi connectivity index (χ0) is 10.1. The monoisotopic (exact) mass is 198 g/mol. The van der Waals surface area contributed by atoms with Gasteiger partial charge < -0.3 is 0 Å². The molecule has 0 rings (SSSR count). The van der Waals surface area contributed by atoms with E-state index in [4.69, 9.17) is 0 Å². The summed E-state index contributed by atoms with van der Waals surface area (Å²) in [6.45, 7) is 8.80. The highest BCUT2D eigenvalue weighted by molar-refractivity contribution is 8.03. The summed E-state index contributed by atoms with van der Waals surface area (Å²) in [5.41, 5.74) is 0. The molecule has 0 aromatic heterocycles. The van der Waals surface area contributed by atoms with E-state index in [0.29, 0.717) is 0 Å². The van der Waals surface area contributed by atoms with Crippen molar-refractivity contribution in [1.82, 2.24) is 0 Å². The normalized spacial score (nSPS) is 13.2. The van der Waals surface area contributed by atoms with Crippen LogP contribution in [0.1, 0.15) is 47.0 Å². The standard InChI is InChI=1S/C12H22S/c1-5-9-12(10-6-2)13-11(7-3)8-4/h5,9-11H,6-8H2,1-4H3/b9-5-,12-10+. The summed E-state index contributed by atoms with van der Waals surface area (Å²) in [4.78, 5) is 1.43. The first-order valence-corrected chi connectivity index (χ1v) is 6.15. The second-order valence-corrected chi connectivity index (χ2v) is 4.44. The quantitative estimate of drug-likeness (QED) is 0.554. The van der Waals surface area contributed by atoms with Crippen molar-refractivity contribution in [2.24, 2.45) is 0 Å². The lowest BCUT2D eigenvalue weighted by Crippen LogP contribution is -1.97. The Labute approximate surface area is 87.5 Å². The summed E-state index contributed by atoms with van der Waals surface area (Å²) in [6.07, 6.45) is 10.3. The van der Waals surface area contributed by atoms with Gasteiger partial charge in [0.2, 0.25) is 0 Å². The molecule has 0 aliphatic rings. The van der Waals surface area contributed by atoms with E-state index in [1.54, 1.807) is 0 Å². The maximum atomic E-state index is 2.31. The molecule has 0 unspecified atom stereocenters. The minimum Gasteiger partial charge on any atom is -0.123 e. The third-order valence-corrected chi connectivity index (χ3v) is 3.52. The van der Waals surface area contributed by atoms with Crippen molar-refractivity contribution in [2.45, 2.75) is 52.2 Å². The lowest BCUT2D eigenvalue weighted by atomic mass is 10.3. The molecule has 0 radical (unpaired) electrons. The molecule has 0 atom stereocenters. The van der Waals surface area contributed by atoms with Crippen LogP contribution in [0.2, 0.25) is 0 Å². The minimum absolute atomic E-state index is 0.786. The molecule has 0 amide bonds. The molecule has 13 heavy (non-hydrogen) atoms. The molecule has 0 aromatic rings. The molecule has 0 saturated heterocycles. The van der Waals surface area contributed by atoms with Gasteiger partial charge in [0.15, 0.2) is 0 Å². The van der Waals surface area contributed by atoms with Crippen LogP contribution in [0.3, 0.4) is 0 Å². The smallest absolute Gasteiger partial charge is 0.00890 e. The molecule has 0 bridgehead atoms. The van der Waals surface area contributed by atoms with Gasteiger partial charge in [0, 0.05) is 10.2 Å². The van der Waals surface area contributed by atoms with Crippen LogP contribution in [-0.2, 0) is 0 Å². The first kappa shape index (κ1) is 12.8. The van der Waals surface area contributed by atoms with Gasteiger partial charge >= 0.3 is 0 Å². The Morgan fingerprint density at radius 1 is 1.23 bits per heavy atom. The highest BCUT2D eigenvalue weighted by Crippen LogP contribution is 2.27. The number of allylic oxidation sites excluding steroid dienone is 3. The van der Waals surface area contributed by atoms with E-state index in [2.05, 4.69) is 45.9 Å². The maximum Gasteiger partial charge on any atom is 0.00890 e. The fourth-order valence-electron chi connectivity index (χ4n) is 1.17. The van der Waals surface area contributed by atoms with E-state index in [-0.39, 0.29) is 0 Å². The van der Waals surface area contributed by atoms with E-state index in [9.17, 15) is 0 Å². The van der Waals surface area contributed by atoms with E-state index in [0.717, 1.165) is 11.7 Å². The van der Waals surface area contributed by atoms with Gasteiger partial charge in [-0.05, 0) is 26.2 Å². The lowest BCUT2D eigenvalue weighted by molar-refractivity contribution is 0.794. The molecular weight excluding hydrogens is 176 g/mol. The van der Waals surface area contributed by atoms with Crippen LogP contribution in [0.15, 0.2) is 23.1 Å². The number of hydrogen-bond donors (Lipinski definition) is 0. The van der Waals surface area contributed by atoms with Crippen LogP contribution in [0, 0.1) is 0 Å². The summed E-state index contributed by atoms with van der Waals surface area (Å²) in [6, 6.07) is 0. The number of thioether (sulfide) groups is 1. The predicted molar refractivity (Wildman–Crippen MR) is 65.1 cm³/mol. The van der Waals surface area contributed by atoms with E-state index >= 15 is 0 Å². The first-order chi connectivity index (χ1) is 6.28. The molecule has 0 spiro atoms. The topological polar surface area (TPSA) is 0 Å². The molecule has 1 heteroatoms. The van der Waals surface area contributed by atoms with Crippen molar-refractivity contribution >= 4 is 11.8 Å². The van der Waals surface area contributed by atoms with E-state index < -0.39 is 0 Å². The zero-order valence-electron chi connectivity index (χ0n) is 9.34. The van der Waals surface area contributed by atoms with Gasteiger partial charge in [-0.3, -0.25) is 0 Å². The molecule has 0 fully saturated rings. The van der Waals surface area contributed by atoms with Gasteiger partial charge in [-0.1, -0.05) is 39.0 Å². The molecule has 0 aliphatic heterocycles. The average molecular weight is 198 g/mol. The SMILES string of the molecule is C/C=C\C(=C/CC)SC(CC)CC. The fraction of sp³-hybridized carbons (Fsp3) is 0.667. The summed E-state index contributed by atoms with van der Waals surface area (Å²) < 4.78 is 0. The summed E-state index contributed by atoms with van der Waals surface area (Å²) in [7, 11) is 0. The van der Waals surface area contributed by atoms with Crippen molar-refractivity contribution in [3.63, 3.8) is 0 Å².